The van der Waals surface area contributed by atoms with Crippen LogP contribution in [-0.2, 0) is 10.0 Å². The molecule has 1 saturated carbocycles. The van der Waals surface area contributed by atoms with Crippen molar-refractivity contribution in [1.29, 1.82) is 0 Å². The van der Waals surface area contributed by atoms with E-state index in [0.29, 0.717) is 0 Å². The van der Waals surface area contributed by atoms with Crippen LogP contribution in [0.25, 0.3) is 0 Å². The lowest BCUT2D eigenvalue weighted by atomic mass is 10.0. The minimum absolute atomic E-state index is 0.0345. The first-order chi connectivity index (χ1) is 9.54. The Kier molecular flexibility index (Phi) is 3.90. The van der Waals surface area contributed by atoms with Gasteiger partial charge >= 0.3 is 5.97 Å². The molecule has 0 amide bonds. The fraction of sp³-hybridized carbons (Fsp3) is 0.615. The lowest BCUT2D eigenvalue weighted by Gasteiger charge is -2.28. The fourth-order valence-corrected chi connectivity index (χ4v) is 3.42. The molecule has 118 valence electrons. The highest BCUT2D eigenvalue weighted by Gasteiger charge is 2.34. The van der Waals surface area contributed by atoms with Gasteiger partial charge in [-0.15, -0.1) is 0 Å². The van der Waals surface area contributed by atoms with Gasteiger partial charge in [0.1, 0.15) is 10.6 Å². The number of nitrogens with zero attached hydrogens (tertiary/aromatic N) is 1. The van der Waals surface area contributed by atoms with Gasteiger partial charge in [-0.05, 0) is 39.7 Å². The van der Waals surface area contributed by atoms with E-state index in [0.717, 1.165) is 18.9 Å². The zero-order chi connectivity index (χ0) is 16.0. The van der Waals surface area contributed by atoms with Crippen LogP contribution < -0.4 is 4.72 Å². The van der Waals surface area contributed by atoms with E-state index >= 15 is 0 Å². The molecule has 0 aromatic carbocycles. The summed E-state index contributed by atoms with van der Waals surface area (Å²) in [4.78, 5) is 11.1. The molecule has 21 heavy (non-hydrogen) atoms. The van der Waals surface area contributed by atoms with Gasteiger partial charge in [0.05, 0.1) is 11.6 Å². The van der Waals surface area contributed by atoms with Gasteiger partial charge in [0.25, 0.3) is 0 Å². The van der Waals surface area contributed by atoms with E-state index in [4.69, 9.17) is 5.11 Å². The fourth-order valence-electron chi connectivity index (χ4n) is 1.92. The molecule has 1 fully saturated rings. The average Bonchev–Trinajstić information content (AvgIpc) is 3.05. The van der Waals surface area contributed by atoms with Gasteiger partial charge in [-0.2, -0.15) is 0 Å². The molecule has 1 aromatic heterocycles. The standard InChI is InChI=1S/C13H20N2O5S/c1-8(16)13(2,3)14-21(19,20)10-6-11(12(17)18)15(7-10)9-4-5-9/h6-9,14,16H,4-5H2,1-3H3,(H,17,18). The van der Waals surface area contributed by atoms with Crippen molar-refractivity contribution in [3.63, 3.8) is 0 Å². The third-order valence-electron chi connectivity index (χ3n) is 3.74. The second kappa shape index (κ2) is 5.11. The maximum Gasteiger partial charge on any atom is 0.352 e. The molecule has 1 unspecified atom stereocenters. The molecular formula is C13H20N2O5S. The second-order valence-corrected chi connectivity index (χ2v) is 7.69. The van der Waals surface area contributed by atoms with Gasteiger partial charge in [0.2, 0.25) is 10.0 Å². The van der Waals surface area contributed by atoms with Crippen molar-refractivity contribution in [1.82, 2.24) is 9.29 Å². The third-order valence-corrected chi connectivity index (χ3v) is 5.37. The average molecular weight is 316 g/mol. The normalized spacial score (nSPS) is 17.7. The van der Waals surface area contributed by atoms with E-state index in [1.807, 2.05) is 0 Å². The number of sulfonamides is 1. The third kappa shape index (κ3) is 3.28. The van der Waals surface area contributed by atoms with Crippen molar-refractivity contribution < 1.29 is 23.4 Å². The van der Waals surface area contributed by atoms with Crippen molar-refractivity contribution in [2.24, 2.45) is 0 Å². The van der Waals surface area contributed by atoms with Gasteiger partial charge in [-0.25, -0.2) is 17.9 Å². The molecule has 2 rings (SSSR count). The number of aromatic nitrogens is 1. The minimum atomic E-state index is -3.90. The van der Waals surface area contributed by atoms with E-state index < -0.39 is 27.6 Å². The molecule has 1 aliphatic carbocycles. The van der Waals surface area contributed by atoms with E-state index in [1.54, 1.807) is 13.8 Å². The smallest absolute Gasteiger partial charge is 0.352 e. The van der Waals surface area contributed by atoms with Gasteiger partial charge in [-0.1, -0.05) is 0 Å². The van der Waals surface area contributed by atoms with Crippen LogP contribution in [0, 0.1) is 0 Å². The highest BCUT2D eigenvalue weighted by molar-refractivity contribution is 7.89. The first-order valence-electron chi connectivity index (χ1n) is 6.72. The number of hydrogen-bond acceptors (Lipinski definition) is 4. The summed E-state index contributed by atoms with van der Waals surface area (Å²) in [5.41, 5.74) is -1.09. The molecule has 0 radical (unpaired) electrons. The van der Waals surface area contributed by atoms with Crippen molar-refractivity contribution in [2.75, 3.05) is 0 Å². The Morgan fingerprint density at radius 1 is 1.48 bits per heavy atom. The first kappa shape index (κ1) is 16.0. The number of rotatable bonds is 6. The molecule has 0 spiro atoms. The molecule has 7 nitrogen and oxygen atoms in total. The molecule has 8 heteroatoms. The molecule has 1 heterocycles. The van der Waals surface area contributed by atoms with Gasteiger partial charge < -0.3 is 14.8 Å². The van der Waals surface area contributed by atoms with Crippen LogP contribution in [0.1, 0.15) is 50.1 Å². The van der Waals surface area contributed by atoms with Gasteiger partial charge in [0.15, 0.2) is 0 Å². The SMILES string of the molecule is CC(O)C(C)(C)NS(=O)(=O)c1cc(C(=O)O)n(C2CC2)c1. The summed E-state index contributed by atoms with van der Waals surface area (Å²) in [6.07, 6.45) is 2.15. The van der Waals surface area contributed by atoms with Gasteiger partial charge in [-0.3, -0.25) is 0 Å². The summed E-state index contributed by atoms with van der Waals surface area (Å²) in [5, 5.41) is 18.8. The highest BCUT2D eigenvalue weighted by Crippen LogP contribution is 2.37. The predicted octanol–water partition coefficient (Wildman–Crippen LogP) is 0.959. The highest BCUT2D eigenvalue weighted by atomic mass is 32.2. The summed E-state index contributed by atoms with van der Waals surface area (Å²) in [5.74, 6) is -1.15. The van der Waals surface area contributed by atoms with Crippen molar-refractivity contribution in [3.8, 4) is 0 Å². The van der Waals surface area contributed by atoms with E-state index in [2.05, 4.69) is 4.72 Å². The number of nitrogens with one attached hydrogen (secondary N) is 1. The summed E-state index contributed by atoms with van der Waals surface area (Å²) in [6.45, 7) is 4.61. The molecule has 1 atom stereocenters. The molecular weight excluding hydrogens is 296 g/mol. The molecule has 0 bridgehead atoms. The number of aromatic carboxylic acids is 1. The molecule has 0 saturated heterocycles. The maximum atomic E-state index is 12.4. The molecule has 0 aliphatic heterocycles. The van der Waals surface area contributed by atoms with Crippen molar-refractivity contribution in [3.05, 3.63) is 18.0 Å². The number of aliphatic hydroxyl groups is 1. The Bertz CT molecular complexity index is 656. The number of aliphatic hydroxyl groups excluding tert-OH is 1. The number of carboxylic acid groups (broad SMARTS) is 1. The van der Waals surface area contributed by atoms with Crippen LogP contribution in [0.5, 0.6) is 0 Å². The lowest BCUT2D eigenvalue weighted by Crippen LogP contribution is -2.50. The predicted molar refractivity (Wildman–Crippen MR) is 75.7 cm³/mol. The quantitative estimate of drug-likeness (QED) is 0.724. The van der Waals surface area contributed by atoms with E-state index in [9.17, 15) is 18.3 Å². The van der Waals surface area contributed by atoms with Crippen LogP contribution in [-0.4, -0.2) is 40.8 Å². The lowest BCUT2D eigenvalue weighted by molar-refractivity contribution is 0.0685. The number of hydrogen-bond donors (Lipinski definition) is 3. The number of carboxylic acids is 1. The minimum Gasteiger partial charge on any atom is -0.477 e. The van der Waals surface area contributed by atoms with Gasteiger partial charge in [0, 0.05) is 12.2 Å². The zero-order valence-corrected chi connectivity index (χ0v) is 13.0. The molecule has 3 N–H and O–H groups in total. The van der Waals surface area contributed by atoms with Crippen molar-refractivity contribution in [2.45, 2.75) is 56.2 Å². The Hall–Kier alpha value is -1.38. The Morgan fingerprint density at radius 3 is 2.48 bits per heavy atom. The maximum absolute atomic E-state index is 12.4. The van der Waals surface area contributed by atoms with E-state index in [-0.39, 0.29) is 16.6 Å². The molecule has 1 aromatic rings. The second-order valence-electron chi connectivity index (χ2n) is 6.01. The topological polar surface area (TPSA) is 109 Å². The Balaban J connectivity index is 2.37. The van der Waals surface area contributed by atoms with Crippen LogP contribution in [0.3, 0.4) is 0 Å². The van der Waals surface area contributed by atoms with Crippen LogP contribution in [0.15, 0.2) is 17.2 Å². The summed E-state index contributed by atoms with van der Waals surface area (Å²) >= 11 is 0. The Labute approximate surface area is 123 Å². The summed E-state index contributed by atoms with van der Waals surface area (Å²) in [6, 6.07) is 1.21. The summed E-state index contributed by atoms with van der Waals surface area (Å²) in [7, 11) is -3.90. The monoisotopic (exact) mass is 316 g/mol. The first-order valence-corrected chi connectivity index (χ1v) is 8.20. The Morgan fingerprint density at radius 2 is 2.05 bits per heavy atom. The van der Waals surface area contributed by atoms with Crippen LogP contribution in [0.2, 0.25) is 0 Å². The van der Waals surface area contributed by atoms with Crippen LogP contribution in [0.4, 0.5) is 0 Å². The summed E-state index contributed by atoms with van der Waals surface area (Å²) < 4.78 is 28.6. The largest absolute Gasteiger partial charge is 0.477 e. The molecule has 1 aliphatic rings. The zero-order valence-electron chi connectivity index (χ0n) is 12.2. The van der Waals surface area contributed by atoms with E-state index in [1.165, 1.54) is 17.7 Å². The number of carbonyl (C=O) groups is 1. The van der Waals surface area contributed by atoms with Crippen LogP contribution >= 0.6 is 0 Å². The van der Waals surface area contributed by atoms with Crippen molar-refractivity contribution >= 4 is 16.0 Å².